The van der Waals surface area contributed by atoms with Gasteiger partial charge in [-0.05, 0) is 6.42 Å². The van der Waals surface area contributed by atoms with Crippen LogP contribution in [0, 0.1) is 5.92 Å². The van der Waals surface area contributed by atoms with Crippen LogP contribution in [-0.4, -0.2) is 106 Å². The molecule has 0 bridgehead atoms. The number of carbonyl (C=O) groups is 4. The lowest BCUT2D eigenvalue weighted by molar-refractivity contribution is -0.313. The van der Waals surface area contributed by atoms with Gasteiger partial charge in [0.05, 0.1) is 25.6 Å². The predicted octanol–water partition coefficient (Wildman–Crippen LogP) is -0.368. The molecule has 0 aromatic rings. The first-order valence-electron chi connectivity index (χ1n) is 11.5. The number of esters is 4. The largest absolute Gasteiger partial charge is 0.463 e. The number of aliphatic hydroxyl groups excluding tert-OH is 3. The zero-order valence-electron chi connectivity index (χ0n) is 20.7. The number of halogens is 1. The van der Waals surface area contributed by atoms with Crippen molar-refractivity contribution in [3.63, 3.8) is 0 Å². The van der Waals surface area contributed by atoms with Crippen molar-refractivity contribution in [1.29, 1.82) is 0 Å². The van der Waals surface area contributed by atoms with Crippen LogP contribution in [0.25, 0.3) is 0 Å². The maximum Gasteiger partial charge on any atom is 0.309 e. The first kappa shape index (κ1) is 32.4. The second-order valence-electron chi connectivity index (χ2n) is 8.17. The zero-order chi connectivity index (χ0) is 27.4. The molecule has 8 atom stereocenters. The van der Waals surface area contributed by atoms with Gasteiger partial charge in [0, 0.05) is 18.3 Å². The molecular weight excluding hydrogens is 599 g/mol. The normalized spacial score (nSPS) is 26.3. The summed E-state index contributed by atoms with van der Waals surface area (Å²) in [6.45, 7) is 3.90. The molecule has 1 aliphatic rings. The SMILES string of the molecule is CC[C@@H](C)C(=O)OC1C(OC(=O)CCI)[C@H](OC[C@@H](O)[C@@H](O)CO)OC(COC(C)=O)[C@H]1OC(C)=O. The van der Waals surface area contributed by atoms with Crippen LogP contribution in [0.3, 0.4) is 0 Å². The summed E-state index contributed by atoms with van der Waals surface area (Å²) in [5.74, 6) is -3.34. The number of rotatable bonds is 14. The third-order valence-corrected chi connectivity index (χ3v) is 5.78. The number of carbonyl (C=O) groups excluding carboxylic acids is 4. The lowest BCUT2D eigenvalue weighted by atomic mass is 9.97. The van der Waals surface area contributed by atoms with E-state index in [0.29, 0.717) is 10.8 Å². The van der Waals surface area contributed by atoms with Crippen LogP contribution in [0.1, 0.15) is 40.5 Å². The van der Waals surface area contributed by atoms with Crippen molar-refractivity contribution >= 4 is 46.5 Å². The van der Waals surface area contributed by atoms with E-state index in [9.17, 15) is 29.4 Å². The van der Waals surface area contributed by atoms with Gasteiger partial charge in [0.1, 0.15) is 24.9 Å². The highest BCUT2D eigenvalue weighted by atomic mass is 127. The summed E-state index contributed by atoms with van der Waals surface area (Å²) in [5.41, 5.74) is 0. The molecule has 3 unspecified atom stereocenters. The Kier molecular flexibility index (Phi) is 14.7. The van der Waals surface area contributed by atoms with Gasteiger partial charge in [-0.3, -0.25) is 19.2 Å². The van der Waals surface area contributed by atoms with Gasteiger partial charge in [0.15, 0.2) is 24.6 Å². The topological polar surface area (TPSA) is 184 Å². The molecule has 0 spiro atoms. The van der Waals surface area contributed by atoms with Crippen molar-refractivity contribution in [1.82, 2.24) is 0 Å². The van der Waals surface area contributed by atoms with Gasteiger partial charge in [-0.2, -0.15) is 0 Å². The first-order valence-corrected chi connectivity index (χ1v) is 13.0. The van der Waals surface area contributed by atoms with Gasteiger partial charge in [-0.1, -0.05) is 36.4 Å². The monoisotopic (exact) mass is 634 g/mol. The third-order valence-electron chi connectivity index (χ3n) is 5.24. The van der Waals surface area contributed by atoms with Crippen molar-refractivity contribution < 1.29 is 62.9 Å². The molecule has 0 aromatic heterocycles. The minimum absolute atomic E-state index is 0.00321. The maximum atomic E-state index is 12.7. The summed E-state index contributed by atoms with van der Waals surface area (Å²) < 4.78 is 33.3. The number of hydrogen-bond donors (Lipinski definition) is 3. The quantitative estimate of drug-likeness (QED) is 0.0975. The van der Waals surface area contributed by atoms with E-state index in [0.717, 1.165) is 13.8 Å². The number of aliphatic hydroxyl groups is 3. The summed E-state index contributed by atoms with van der Waals surface area (Å²) in [6.07, 6.45) is -9.57. The lowest BCUT2D eigenvalue weighted by Gasteiger charge is -2.44. The second kappa shape index (κ2) is 16.3. The van der Waals surface area contributed by atoms with E-state index in [1.165, 1.54) is 0 Å². The Morgan fingerprint density at radius 1 is 0.972 bits per heavy atom. The minimum atomic E-state index is -1.54. The molecule has 0 aliphatic carbocycles. The zero-order valence-corrected chi connectivity index (χ0v) is 22.8. The van der Waals surface area contributed by atoms with Crippen molar-refractivity contribution in [2.75, 3.05) is 24.2 Å². The predicted molar refractivity (Wildman–Crippen MR) is 129 cm³/mol. The maximum absolute atomic E-state index is 12.7. The van der Waals surface area contributed by atoms with Crippen LogP contribution < -0.4 is 0 Å². The Morgan fingerprint density at radius 2 is 1.64 bits per heavy atom. The highest BCUT2D eigenvalue weighted by Gasteiger charge is 2.53. The molecule has 0 amide bonds. The smallest absolute Gasteiger partial charge is 0.309 e. The number of alkyl halides is 1. The highest BCUT2D eigenvalue weighted by molar-refractivity contribution is 14.1. The molecule has 1 heterocycles. The van der Waals surface area contributed by atoms with Crippen molar-refractivity contribution in [3.8, 4) is 0 Å². The molecule has 0 saturated carbocycles. The van der Waals surface area contributed by atoms with Gasteiger partial charge < -0.3 is 43.7 Å². The molecule has 0 aromatic carbocycles. The highest BCUT2D eigenvalue weighted by Crippen LogP contribution is 2.31. The van der Waals surface area contributed by atoms with Crippen LogP contribution in [0.4, 0.5) is 0 Å². The lowest BCUT2D eigenvalue weighted by Crippen LogP contribution is -2.63. The fraction of sp³-hybridized carbons (Fsp3) is 0.818. The molecular formula is C22H35IO13. The van der Waals surface area contributed by atoms with E-state index in [4.69, 9.17) is 33.5 Å². The van der Waals surface area contributed by atoms with Crippen molar-refractivity contribution in [2.24, 2.45) is 5.92 Å². The summed E-state index contributed by atoms with van der Waals surface area (Å²) in [7, 11) is 0. The van der Waals surface area contributed by atoms with E-state index in [1.54, 1.807) is 13.8 Å². The standard InChI is InChI=1S/C22H35IO13/c1-5-11(2)21(30)36-19-18(33-13(4)26)16(10-31-12(3)25)34-22(20(19)35-17(29)6-7-23)32-9-15(28)14(27)8-24/h11,14-16,18-20,22,24,27-28H,5-10H2,1-4H3/t11-,14+,15-,16?,18-,19?,20?,22-/m1/s1. The van der Waals surface area contributed by atoms with Crippen LogP contribution in [0.5, 0.6) is 0 Å². The fourth-order valence-electron chi connectivity index (χ4n) is 3.07. The summed E-state index contributed by atoms with van der Waals surface area (Å²) in [6, 6.07) is 0. The molecule has 13 nitrogen and oxygen atoms in total. The Balaban J connectivity index is 3.42. The van der Waals surface area contributed by atoms with E-state index in [1.807, 2.05) is 22.6 Å². The van der Waals surface area contributed by atoms with Crippen LogP contribution >= 0.6 is 22.6 Å². The molecule has 14 heteroatoms. The Labute approximate surface area is 222 Å². The third kappa shape index (κ3) is 10.4. The van der Waals surface area contributed by atoms with Gasteiger partial charge >= 0.3 is 23.9 Å². The van der Waals surface area contributed by atoms with Gasteiger partial charge in [-0.15, -0.1) is 0 Å². The number of hydrogen-bond acceptors (Lipinski definition) is 13. The molecule has 1 aliphatic heterocycles. The summed E-state index contributed by atoms with van der Waals surface area (Å²) >= 11 is 1.97. The fourth-order valence-corrected chi connectivity index (χ4v) is 3.51. The Morgan fingerprint density at radius 3 is 2.17 bits per heavy atom. The van der Waals surface area contributed by atoms with Gasteiger partial charge in [0.25, 0.3) is 0 Å². The molecule has 208 valence electrons. The average molecular weight is 634 g/mol. The second-order valence-corrected chi connectivity index (χ2v) is 9.25. The molecule has 3 N–H and O–H groups in total. The number of ether oxygens (including phenoxy) is 6. The van der Waals surface area contributed by atoms with Crippen molar-refractivity contribution in [3.05, 3.63) is 0 Å². The molecule has 1 fully saturated rings. The van der Waals surface area contributed by atoms with E-state index in [-0.39, 0.29) is 6.42 Å². The molecule has 0 radical (unpaired) electrons. The molecule has 36 heavy (non-hydrogen) atoms. The van der Waals surface area contributed by atoms with Gasteiger partial charge in [-0.25, -0.2) is 0 Å². The molecule has 1 rings (SSSR count). The van der Waals surface area contributed by atoms with Crippen LogP contribution in [0.15, 0.2) is 0 Å². The average Bonchev–Trinajstić information content (AvgIpc) is 2.82. The molecule has 1 saturated heterocycles. The van der Waals surface area contributed by atoms with Crippen LogP contribution in [0.2, 0.25) is 0 Å². The Hall–Kier alpha value is -1.59. The summed E-state index contributed by atoms with van der Waals surface area (Å²) in [5, 5.41) is 28.7. The van der Waals surface area contributed by atoms with Gasteiger partial charge in [0.2, 0.25) is 0 Å². The minimum Gasteiger partial charge on any atom is -0.463 e. The first-order chi connectivity index (χ1) is 16.9. The van der Waals surface area contributed by atoms with E-state index < -0.39 is 92.5 Å². The van der Waals surface area contributed by atoms with E-state index in [2.05, 4.69) is 0 Å². The summed E-state index contributed by atoms with van der Waals surface area (Å²) in [4.78, 5) is 48.5. The van der Waals surface area contributed by atoms with Crippen molar-refractivity contribution in [2.45, 2.75) is 83.5 Å². The Bertz CT molecular complexity index is 733. The van der Waals surface area contributed by atoms with E-state index >= 15 is 0 Å². The van der Waals surface area contributed by atoms with Crippen LogP contribution in [-0.2, 0) is 47.6 Å².